The first kappa shape index (κ1) is 21.8. The summed E-state index contributed by atoms with van der Waals surface area (Å²) in [7, 11) is -3.50. The number of carbonyl (C=O) groups excluding carboxylic acids is 1. The number of nitrogens with zero attached hydrogens (tertiary/aromatic N) is 1. The van der Waals surface area contributed by atoms with Gasteiger partial charge in [-0.25, -0.2) is 12.7 Å². The van der Waals surface area contributed by atoms with E-state index in [9.17, 15) is 13.2 Å². The van der Waals surface area contributed by atoms with E-state index in [2.05, 4.69) is 5.32 Å². The van der Waals surface area contributed by atoms with Gasteiger partial charge in [0.05, 0.1) is 11.7 Å². The standard InChI is InChI=1S/C22H27ClN2O3S/c1-15-11-16(2)21(17(3)12-15)24-22(26)19-5-4-10-25(13-19)29(27,28)14-18-6-8-20(23)9-7-18/h6-9,11-12,19H,4-5,10,13-14H2,1-3H3,(H,24,26). The van der Waals surface area contributed by atoms with E-state index in [1.54, 1.807) is 24.3 Å². The molecule has 1 fully saturated rings. The van der Waals surface area contributed by atoms with Crippen molar-refractivity contribution in [3.8, 4) is 0 Å². The van der Waals surface area contributed by atoms with Gasteiger partial charge in [-0.1, -0.05) is 41.4 Å². The number of piperidine rings is 1. The third kappa shape index (κ3) is 5.38. The van der Waals surface area contributed by atoms with Crippen LogP contribution in [0.15, 0.2) is 36.4 Å². The van der Waals surface area contributed by atoms with Crippen LogP contribution in [0.4, 0.5) is 5.69 Å². The average molecular weight is 435 g/mol. The Bertz CT molecular complexity index is 980. The molecule has 156 valence electrons. The van der Waals surface area contributed by atoms with E-state index in [0.29, 0.717) is 30.0 Å². The molecular weight excluding hydrogens is 408 g/mol. The Morgan fingerprint density at radius 2 is 1.76 bits per heavy atom. The van der Waals surface area contributed by atoms with E-state index in [4.69, 9.17) is 11.6 Å². The minimum atomic E-state index is -3.50. The molecule has 0 aliphatic carbocycles. The third-order valence-corrected chi connectivity index (χ3v) is 7.40. The van der Waals surface area contributed by atoms with Gasteiger partial charge < -0.3 is 5.32 Å². The average Bonchev–Trinajstić information content (AvgIpc) is 2.66. The summed E-state index contributed by atoms with van der Waals surface area (Å²) in [5.41, 5.74) is 4.68. The normalized spacial score (nSPS) is 17.9. The van der Waals surface area contributed by atoms with Crippen LogP contribution in [0, 0.1) is 26.7 Å². The summed E-state index contributed by atoms with van der Waals surface area (Å²) < 4.78 is 27.2. The molecule has 1 saturated heterocycles. The zero-order valence-electron chi connectivity index (χ0n) is 17.0. The van der Waals surface area contributed by atoms with E-state index in [0.717, 1.165) is 22.4 Å². The lowest BCUT2D eigenvalue weighted by atomic mass is 9.98. The number of rotatable bonds is 5. The molecule has 1 amide bonds. The third-order valence-electron chi connectivity index (χ3n) is 5.34. The monoisotopic (exact) mass is 434 g/mol. The molecular formula is C22H27ClN2O3S. The van der Waals surface area contributed by atoms with Gasteiger partial charge in [0.15, 0.2) is 0 Å². The smallest absolute Gasteiger partial charge is 0.228 e. The molecule has 5 nitrogen and oxygen atoms in total. The van der Waals surface area contributed by atoms with E-state index in [1.165, 1.54) is 4.31 Å². The predicted octanol–water partition coefficient (Wildman–Crippen LogP) is 4.45. The summed E-state index contributed by atoms with van der Waals surface area (Å²) in [5, 5.41) is 3.60. The Morgan fingerprint density at radius 1 is 1.14 bits per heavy atom. The molecule has 1 unspecified atom stereocenters. The number of hydrogen-bond donors (Lipinski definition) is 1. The van der Waals surface area contributed by atoms with Crippen LogP contribution in [-0.4, -0.2) is 31.7 Å². The van der Waals surface area contributed by atoms with Crippen molar-refractivity contribution in [2.24, 2.45) is 5.92 Å². The van der Waals surface area contributed by atoms with Crippen molar-refractivity contribution in [3.05, 3.63) is 63.7 Å². The number of anilines is 1. The molecule has 0 saturated carbocycles. The number of carbonyl (C=O) groups is 1. The SMILES string of the molecule is Cc1cc(C)c(NC(=O)C2CCCN(S(=O)(=O)Cc3ccc(Cl)cc3)C2)c(C)c1. The van der Waals surface area contributed by atoms with Crippen LogP contribution >= 0.6 is 11.6 Å². The molecule has 2 aromatic rings. The van der Waals surface area contributed by atoms with Crippen molar-refractivity contribution in [2.75, 3.05) is 18.4 Å². The lowest BCUT2D eigenvalue weighted by molar-refractivity contribution is -0.120. The zero-order valence-corrected chi connectivity index (χ0v) is 18.6. The van der Waals surface area contributed by atoms with Crippen molar-refractivity contribution in [2.45, 2.75) is 39.4 Å². The van der Waals surface area contributed by atoms with Crippen LogP contribution in [0.2, 0.25) is 5.02 Å². The van der Waals surface area contributed by atoms with Gasteiger partial charge in [0, 0.05) is 23.8 Å². The highest BCUT2D eigenvalue weighted by atomic mass is 35.5. The molecule has 1 heterocycles. The number of amides is 1. The number of sulfonamides is 1. The summed E-state index contributed by atoms with van der Waals surface area (Å²) >= 11 is 5.88. The summed E-state index contributed by atoms with van der Waals surface area (Å²) in [6, 6.07) is 10.9. The van der Waals surface area contributed by atoms with Crippen LogP contribution in [0.5, 0.6) is 0 Å². The van der Waals surface area contributed by atoms with Gasteiger partial charge in [-0.05, 0) is 62.4 Å². The fourth-order valence-electron chi connectivity index (χ4n) is 3.89. The Balaban J connectivity index is 1.69. The van der Waals surface area contributed by atoms with E-state index in [1.807, 2.05) is 32.9 Å². The number of aryl methyl sites for hydroxylation is 3. The van der Waals surface area contributed by atoms with Gasteiger partial charge >= 0.3 is 0 Å². The first-order chi connectivity index (χ1) is 13.7. The van der Waals surface area contributed by atoms with Crippen LogP contribution in [0.1, 0.15) is 35.1 Å². The quantitative estimate of drug-likeness (QED) is 0.756. The van der Waals surface area contributed by atoms with Crippen LogP contribution in [0.25, 0.3) is 0 Å². The van der Waals surface area contributed by atoms with Crippen LogP contribution < -0.4 is 5.32 Å². The maximum absolute atomic E-state index is 12.9. The van der Waals surface area contributed by atoms with Crippen molar-refractivity contribution < 1.29 is 13.2 Å². The van der Waals surface area contributed by atoms with Gasteiger partial charge in [-0.15, -0.1) is 0 Å². The molecule has 1 atom stereocenters. The van der Waals surface area contributed by atoms with Gasteiger partial charge in [0.1, 0.15) is 0 Å². The van der Waals surface area contributed by atoms with Crippen LogP contribution in [-0.2, 0) is 20.6 Å². The topological polar surface area (TPSA) is 66.5 Å². The van der Waals surface area contributed by atoms with Crippen molar-refractivity contribution >= 4 is 33.2 Å². The lowest BCUT2D eigenvalue weighted by Crippen LogP contribution is -2.44. The van der Waals surface area contributed by atoms with E-state index in [-0.39, 0.29) is 24.1 Å². The molecule has 1 aliphatic heterocycles. The first-order valence-electron chi connectivity index (χ1n) is 9.76. The Labute approximate surface area is 178 Å². The van der Waals surface area contributed by atoms with Crippen molar-refractivity contribution in [3.63, 3.8) is 0 Å². The van der Waals surface area contributed by atoms with Gasteiger partial charge in [-0.3, -0.25) is 4.79 Å². The highest BCUT2D eigenvalue weighted by Crippen LogP contribution is 2.26. The summed E-state index contributed by atoms with van der Waals surface area (Å²) in [6.45, 7) is 6.63. The maximum atomic E-state index is 12.9. The molecule has 7 heteroatoms. The van der Waals surface area contributed by atoms with Crippen molar-refractivity contribution in [1.29, 1.82) is 0 Å². The maximum Gasteiger partial charge on any atom is 0.228 e. The highest BCUT2D eigenvalue weighted by Gasteiger charge is 2.32. The van der Waals surface area contributed by atoms with Gasteiger partial charge in [-0.2, -0.15) is 0 Å². The Morgan fingerprint density at radius 3 is 2.38 bits per heavy atom. The Hall–Kier alpha value is -1.89. The largest absolute Gasteiger partial charge is 0.325 e. The number of benzene rings is 2. The molecule has 3 rings (SSSR count). The molecule has 1 N–H and O–H groups in total. The number of nitrogens with one attached hydrogen (secondary N) is 1. The van der Waals surface area contributed by atoms with E-state index < -0.39 is 10.0 Å². The summed E-state index contributed by atoms with van der Waals surface area (Å²) in [6.07, 6.45) is 1.35. The second-order valence-corrected chi connectivity index (χ2v) is 10.2. The molecule has 1 aliphatic rings. The van der Waals surface area contributed by atoms with E-state index >= 15 is 0 Å². The second kappa shape index (κ2) is 8.86. The van der Waals surface area contributed by atoms with Gasteiger partial charge in [0.2, 0.25) is 15.9 Å². The van der Waals surface area contributed by atoms with Gasteiger partial charge in [0.25, 0.3) is 0 Å². The summed E-state index contributed by atoms with van der Waals surface area (Å²) in [4.78, 5) is 12.9. The fourth-order valence-corrected chi connectivity index (χ4v) is 5.63. The molecule has 2 aromatic carbocycles. The zero-order chi connectivity index (χ0) is 21.2. The minimum Gasteiger partial charge on any atom is -0.325 e. The molecule has 29 heavy (non-hydrogen) atoms. The highest BCUT2D eigenvalue weighted by molar-refractivity contribution is 7.88. The lowest BCUT2D eigenvalue weighted by Gasteiger charge is -2.31. The number of hydrogen-bond acceptors (Lipinski definition) is 3. The predicted molar refractivity (Wildman–Crippen MR) is 118 cm³/mol. The molecule has 0 bridgehead atoms. The second-order valence-electron chi connectivity index (χ2n) is 7.84. The molecule has 0 spiro atoms. The van der Waals surface area contributed by atoms with Crippen LogP contribution in [0.3, 0.4) is 0 Å². The Kier molecular flexibility index (Phi) is 6.66. The fraction of sp³-hybridized carbons (Fsp3) is 0.409. The first-order valence-corrected chi connectivity index (χ1v) is 11.8. The number of halogens is 1. The molecule has 0 aromatic heterocycles. The minimum absolute atomic E-state index is 0.0886. The summed E-state index contributed by atoms with van der Waals surface area (Å²) in [5.74, 6) is -0.565. The van der Waals surface area contributed by atoms with Crippen molar-refractivity contribution in [1.82, 2.24) is 4.31 Å². The molecule has 0 radical (unpaired) electrons.